The molecule has 1 unspecified atom stereocenters. The number of halogens is 1. The van der Waals surface area contributed by atoms with Crippen LogP contribution in [0.1, 0.15) is 6.92 Å². The molecule has 0 bridgehead atoms. The Hall–Kier alpha value is -1.83. The summed E-state index contributed by atoms with van der Waals surface area (Å²) in [7, 11) is 0. The number of carbonyl (C=O) groups excluding carboxylic acids is 2. The number of hydrogen-bond donors (Lipinski definition) is 1. The summed E-state index contributed by atoms with van der Waals surface area (Å²) in [5.41, 5.74) is 0.618. The van der Waals surface area contributed by atoms with Crippen LogP contribution in [0.15, 0.2) is 24.3 Å². The Kier molecular flexibility index (Phi) is 6.34. The Morgan fingerprint density at radius 1 is 1.04 bits per heavy atom. The number of morpholine rings is 1. The number of nitrogens with zero attached hydrogens (tertiary/aromatic N) is 3. The van der Waals surface area contributed by atoms with Gasteiger partial charge < -0.3 is 19.9 Å². The first-order valence-corrected chi connectivity index (χ1v) is 9.35. The summed E-state index contributed by atoms with van der Waals surface area (Å²) in [5.74, 6) is -0.0916. The first kappa shape index (κ1) is 18.9. The summed E-state index contributed by atoms with van der Waals surface area (Å²) in [6.07, 6.45) is 0. The normalized spacial score (nSPS) is 19.9. The van der Waals surface area contributed by atoms with Gasteiger partial charge in [0.05, 0.1) is 30.0 Å². The quantitative estimate of drug-likeness (QED) is 0.867. The van der Waals surface area contributed by atoms with Gasteiger partial charge in [0.2, 0.25) is 5.91 Å². The smallest absolute Gasteiger partial charge is 0.320 e. The van der Waals surface area contributed by atoms with Crippen LogP contribution >= 0.6 is 11.6 Å². The highest BCUT2D eigenvalue weighted by Crippen LogP contribution is 2.21. The van der Waals surface area contributed by atoms with Crippen LogP contribution in [0.25, 0.3) is 0 Å². The highest BCUT2D eigenvalue weighted by molar-refractivity contribution is 6.33. The molecule has 2 aliphatic rings. The van der Waals surface area contributed by atoms with Gasteiger partial charge in [-0.25, -0.2) is 4.79 Å². The van der Waals surface area contributed by atoms with Crippen molar-refractivity contribution in [3.8, 4) is 0 Å². The van der Waals surface area contributed by atoms with E-state index in [0.29, 0.717) is 63.2 Å². The summed E-state index contributed by atoms with van der Waals surface area (Å²) in [5, 5.41) is 3.40. The fraction of sp³-hybridized carbons (Fsp3) is 0.556. The Bertz CT molecular complexity index is 643. The molecule has 0 radical (unpaired) electrons. The number of nitrogens with one attached hydrogen (secondary N) is 1. The topological polar surface area (TPSA) is 65.1 Å². The third kappa shape index (κ3) is 4.47. The fourth-order valence-corrected chi connectivity index (χ4v) is 3.40. The van der Waals surface area contributed by atoms with Crippen LogP contribution in [0, 0.1) is 0 Å². The first-order chi connectivity index (χ1) is 12.6. The van der Waals surface area contributed by atoms with Crippen LogP contribution in [0.3, 0.4) is 0 Å². The van der Waals surface area contributed by atoms with Gasteiger partial charge in [0, 0.05) is 39.3 Å². The molecule has 8 heteroatoms. The number of rotatable bonds is 3. The molecule has 2 aliphatic heterocycles. The second-order valence-corrected chi connectivity index (χ2v) is 6.96. The highest BCUT2D eigenvalue weighted by atomic mass is 35.5. The minimum Gasteiger partial charge on any atom is -0.378 e. The molecule has 3 amide bonds. The monoisotopic (exact) mass is 380 g/mol. The predicted octanol–water partition coefficient (Wildman–Crippen LogP) is 1.74. The van der Waals surface area contributed by atoms with Gasteiger partial charge in [-0.3, -0.25) is 9.69 Å². The van der Waals surface area contributed by atoms with Crippen LogP contribution in [-0.4, -0.2) is 85.2 Å². The van der Waals surface area contributed by atoms with Crippen molar-refractivity contribution in [2.75, 3.05) is 57.8 Å². The van der Waals surface area contributed by atoms with Gasteiger partial charge >= 0.3 is 6.03 Å². The van der Waals surface area contributed by atoms with Crippen molar-refractivity contribution in [2.45, 2.75) is 13.0 Å². The summed E-state index contributed by atoms with van der Waals surface area (Å²) in [6.45, 7) is 6.98. The molecule has 0 aliphatic carbocycles. The number of piperazine rings is 1. The van der Waals surface area contributed by atoms with Gasteiger partial charge in [-0.1, -0.05) is 23.7 Å². The molecule has 2 saturated heterocycles. The van der Waals surface area contributed by atoms with Gasteiger partial charge in [-0.05, 0) is 19.1 Å². The zero-order valence-electron chi connectivity index (χ0n) is 15.0. The van der Waals surface area contributed by atoms with Crippen LogP contribution in [0.2, 0.25) is 5.02 Å². The number of benzene rings is 1. The van der Waals surface area contributed by atoms with Crippen molar-refractivity contribution in [1.29, 1.82) is 0 Å². The number of urea groups is 1. The number of anilines is 1. The molecular formula is C18H25ClN4O3. The van der Waals surface area contributed by atoms with Crippen molar-refractivity contribution in [2.24, 2.45) is 0 Å². The van der Waals surface area contributed by atoms with Crippen LogP contribution in [0.4, 0.5) is 10.5 Å². The van der Waals surface area contributed by atoms with E-state index in [4.69, 9.17) is 16.3 Å². The Balaban J connectivity index is 1.50. The molecule has 2 heterocycles. The number of ether oxygens (including phenoxy) is 1. The van der Waals surface area contributed by atoms with Gasteiger partial charge in [-0.15, -0.1) is 0 Å². The van der Waals surface area contributed by atoms with E-state index in [9.17, 15) is 9.59 Å². The minimum absolute atomic E-state index is 0.0705. The van der Waals surface area contributed by atoms with E-state index in [0.717, 1.165) is 0 Å². The van der Waals surface area contributed by atoms with Gasteiger partial charge in [0.1, 0.15) is 0 Å². The number of carbonyl (C=O) groups is 2. The van der Waals surface area contributed by atoms with Crippen molar-refractivity contribution < 1.29 is 14.3 Å². The van der Waals surface area contributed by atoms with Crippen molar-refractivity contribution >= 4 is 29.2 Å². The minimum atomic E-state index is -0.285. The lowest BCUT2D eigenvalue weighted by molar-refractivity contribution is -0.121. The molecule has 1 atom stereocenters. The van der Waals surface area contributed by atoms with E-state index in [2.05, 4.69) is 10.2 Å². The molecule has 1 aromatic carbocycles. The van der Waals surface area contributed by atoms with Crippen LogP contribution < -0.4 is 5.32 Å². The number of hydrogen-bond acceptors (Lipinski definition) is 4. The molecule has 0 saturated carbocycles. The maximum absolute atomic E-state index is 12.5. The molecular weight excluding hydrogens is 356 g/mol. The summed E-state index contributed by atoms with van der Waals surface area (Å²) in [6, 6.07) is 6.98. The lowest BCUT2D eigenvalue weighted by Crippen LogP contribution is -2.57. The van der Waals surface area contributed by atoms with Crippen LogP contribution in [-0.2, 0) is 9.53 Å². The molecule has 142 valence electrons. The van der Waals surface area contributed by atoms with Gasteiger partial charge in [0.15, 0.2) is 0 Å². The fourth-order valence-electron chi connectivity index (χ4n) is 3.22. The summed E-state index contributed by atoms with van der Waals surface area (Å²) < 4.78 is 5.29. The lowest BCUT2D eigenvalue weighted by Gasteiger charge is -2.40. The number of para-hydroxylation sites is 1. The Labute approximate surface area is 158 Å². The molecule has 0 aromatic heterocycles. The standard InChI is InChI=1S/C18H25ClN4O3/c1-14(17(24)20-16-5-3-2-4-15(16)19)21-6-8-22(9-7-21)18(25)23-10-12-26-13-11-23/h2-5,14H,6-13H2,1H3,(H,20,24). The molecule has 2 fully saturated rings. The van der Waals surface area contributed by atoms with Gasteiger partial charge in [-0.2, -0.15) is 0 Å². The Morgan fingerprint density at radius 3 is 2.31 bits per heavy atom. The first-order valence-electron chi connectivity index (χ1n) is 8.97. The molecule has 1 aromatic rings. The SMILES string of the molecule is CC(C(=O)Nc1ccccc1Cl)N1CCN(C(=O)N2CCOCC2)CC1. The Morgan fingerprint density at radius 2 is 1.65 bits per heavy atom. The van der Waals surface area contributed by atoms with E-state index in [1.54, 1.807) is 12.1 Å². The summed E-state index contributed by atoms with van der Waals surface area (Å²) in [4.78, 5) is 30.8. The second-order valence-electron chi connectivity index (χ2n) is 6.55. The molecule has 0 spiro atoms. The molecule has 1 N–H and O–H groups in total. The van der Waals surface area contributed by atoms with E-state index in [1.807, 2.05) is 28.9 Å². The van der Waals surface area contributed by atoms with E-state index in [1.165, 1.54) is 0 Å². The van der Waals surface area contributed by atoms with E-state index >= 15 is 0 Å². The van der Waals surface area contributed by atoms with E-state index < -0.39 is 0 Å². The predicted molar refractivity (Wildman–Crippen MR) is 100 cm³/mol. The lowest BCUT2D eigenvalue weighted by atomic mass is 10.2. The summed E-state index contributed by atoms with van der Waals surface area (Å²) >= 11 is 6.10. The largest absolute Gasteiger partial charge is 0.378 e. The molecule has 3 rings (SSSR count). The molecule has 26 heavy (non-hydrogen) atoms. The average molecular weight is 381 g/mol. The zero-order chi connectivity index (χ0) is 18.5. The van der Waals surface area contributed by atoms with Crippen LogP contribution in [0.5, 0.6) is 0 Å². The van der Waals surface area contributed by atoms with Crippen molar-refractivity contribution in [3.63, 3.8) is 0 Å². The maximum Gasteiger partial charge on any atom is 0.320 e. The molecule has 7 nitrogen and oxygen atoms in total. The zero-order valence-corrected chi connectivity index (χ0v) is 15.7. The third-order valence-electron chi connectivity index (χ3n) is 4.93. The third-order valence-corrected chi connectivity index (χ3v) is 5.25. The van der Waals surface area contributed by atoms with Gasteiger partial charge in [0.25, 0.3) is 0 Å². The second kappa shape index (κ2) is 8.70. The maximum atomic E-state index is 12.5. The van der Waals surface area contributed by atoms with Crippen molar-refractivity contribution in [1.82, 2.24) is 14.7 Å². The number of amides is 3. The average Bonchev–Trinajstić information content (AvgIpc) is 2.69. The van der Waals surface area contributed by atoms with E-state index in [-0.39, 0.29) is 18.0 Å². The van der Waals surface area contributed by atoms with Crippen molar-refractivity contribution in [3.05, 3.63) is 29.3 Å². The highest BCUT2D eigenvalue weighted by Gasteiger charge is 2.30.